The van der Waals surface area contributed by atoms with Crippen LogP contribution in [0.3, 0.4) is 0 Å². The summed E-state index contributed by atoms with van der Waals surface area (Å²) in [5.41, 5.74) is 6.36. The molecule has 1 unspecified atom stereocenters. The standard InChI is InChI=1S/C20H23N9O4S3/c1-20(8-3-9-23-10-20)27-36(32,33)14-7-6-11(12-4-2-5-13-16(12)24-19(21)34-13)15(17(14)35(22,30)31)18-25-28-29-26-18/h2,4-7,23,27H,3,8-10H2,1H3,(H2,21,24)(H2,22,30,31)(H,25,26,28,29). The number of hydrogen-bond acceptors (Lipinski definition) is 11. The number of primary sulfonamides is 1. The van der Waals surface area contributed by atoms with E-state index < -0.39 is 35.4 Å². The molecule has 1 aliphatic heterocycles. The van der Waals surface area contributed by atoms with Gasteiger partial charge in [-0.05, 0) is 54.4 Å². The molecule has 0 radical (unpaired) electrons. The number of aromatic amines is 1. The molecule has 1 saturated heterocycles. The van der Waals surface area contributed by atoms with Crippen molar-refractivity contribution < 1.29 is 16.8 Å². The van der Waals surface area contributed by atoms with Crippen LogP contribution in [0.4, 0.5) is 5.13 Å². The smallest absolute Gasteiger partial charge is 0.242 e. The van der Waals surface area contributed by atoms with Gasteiger partial charge in [-0.25, -0.2) is 36.8 Å². The van der Waals surface area contributed by atoms with Gasteiger partial charge in [-0.15, -0.1) is 5.10 Å². The summed E-state index contributed by atoms with van der Waals surface area (Å²) in [6.45, 7) is 2.92. The van der Waals surface area contributed by atoms with Crippen LogP contribution < -0.4 is 20.9 Å². The summed E-state index contributed by atoms with van der Waals surface area (Å²) in [6, 6.07) is 8.02. The number of nitrogen functional groups attached to an aromatic ring is 1. The lowest BCUT2D eigenvalue weighted by Crippen LogP contribution is -2.55. The first-order valence-electron chi connectivity index (χ1n) is 10.8. The van der Waals surface area contributed by atoms with Gasteiger partial charge in [-0.3, -0.25) is 0 Å². The number of anilines is 1. The van der Waals surface area contributed by atoms with Crippen LogP contribution in [0.15, 0.2) is 40.1 Å². The molecule has 16 heteroatoms. The Morgan fingerprint density at radius 2 is 1.94 bits per heavy atom. The van der Waals surface area contributed by atoms with E-state index in [0.717, 1.165) is 17.7 Å². The van der Waals surface area contributed by atoms with Crippen molar-refractivity contribution in [3.8, 4) is 22.5 Å². The number of rotatable bonds is 6. The second-order valence-electron chi connectivity index (χ2n) is 8.76. The van der Waals surface area contributed by atoms with Gasteiger partial charge in [-0.1, -0.05) is 29.5 Å². The van der Waals surface area contributed by atoms with Gasteiger partial charge in [0.05, 0.1) is 15.8 Å². The maximum Gasteiger partial charge on any atom is 0.242 e. The number of benzene rings is 2. The number of H-pyrrole nitrogens is 1. The largest absolute Gasteiger partial charge is 0.375 e. The van der Waals surface area contributed by atoms with E-state index in [0.29, 0.717) is 34.7 Å². The van der Waals surface area contributed by atoms with Gasteiger partial charge in [0.25, 0.3) is 0 Å². The summed E-state index contributed by atoms with van der Waals surface area (Å²) in [7, 11) is -8.95. The fraction of sp³-hybridized carbons (Fsp3) is 0.300. The third kappa shape index (κ3) is 4.46. The maximum atomic E-state index is 13.6. The Hall–Kier alpha value is -3.02. The summed E-state index contributed by atoms with van der Waals surface area (Å²) < 4.78 is 56.6. The minimum absolute atomic E-state index is 0.0724. The molecule has 36 heavy (non-hydrogen) atoms. The molecule has 1 fully saturated rings. The van der Waals surface area contributed by atoms with Crippen molar-refractivity contribution in [3.05, 3.63) is 30.3 Å². The van der Waals surface area contributed by atoms with Crippen LogP contribution in [0.1, 0.15) is 19.8 Å². The van der Waals surface area contributed by atoms with Crippen LogP contribution in [0.5, 0.6) is 0 Å². The second kappa shape index (κ2) is 8.82. The Kier molecular flexibility index (Phi) is 6.05. The Morgan fingerprint density at radius 3 is 2.61 bits per heavy atom. The minimum Gasteiger partial charge on any atom is -0.375 e. The van der Waals surface area contributed by atoms with Gasteiger partial charge in [-0.2, -0.15) is 0 Å². The van der Waals surface area contributed by atoms with Crippen molar-refractivity contribution in [1.82, 2.24) is 35.6 Å². The average Bonchev–Trinajstić information content (AvgIpc) is 3.46. The highest BCUT2D eigenvalue weighted by molar-refractivity contribution is 7.92. The number of thiazole rings is 1. The first kappa shape index (κ1) is 24.7. The molecule has 3 heterocycles. The number of nitrogens with one attached hydrogen (secondary N) is 3. The number of sulfonamides is 2. The zero-order valence-electron chi connectivity index (χ0n) is 19.0. The lowest BCUT2D eigenvalue weighted by molar-refractivity contribution is 0.312. The van der Waals surface area contributed by atoms with Crippen molar-refractivity contribution in [2.45, 2.75) is 35.1 Å². The van der Waals surface area contributed by atoms with Crippen LogP contribution in [0.25, 0.3) is 32.7 Å². The first-order valence-corrected chi connectivity index (χ1v) is 14.7. The quantitative estimate of drug-likeness (QED) is 0.228. The van der Waals surface area contributed by atoms with E-state index in [9.17, 15) is 16.8 Å². The van der Waals surface area contributed by atoms with E-state index in [-0.39, 0.29) is 11.4 Å². The number of fused-ring (bicyclic) bond motifs is 1. The van der Waals surface area contributed by atoms with E-state index in [1.54, 1.807) is 19.1 Å². The van der Waals surface area contributed by atoms with Gasteiger partial charge in [0.2, 0.25) is 20.0 Å². The highest BCUT2D eigenvalue weighted by Gasteiger charge is 2.37. The number of nitrogens with zero attached hydrogens (tertiary/aromatic N) is 4. The number of hydrogen-bond donors (Lipinski definition) is 5. The molecule has 1 aliphatic rings. The monoisotopic (exact) mass is 549 g/mol. The van der Waals surface area contributed by atoms with Crippen molar-refractivity contribution in [1.29, 1.82) is 0 Å². The molecule has 0 bridgehead atoms. The summed E-state index contributed by atoms with van der Waals surface area (Å²) in [5.74, 6) is -0.0724. The number of nitrogens with two attached hydrogens (primary N) is 2. The van der Waals surface area contributed by atoms with Crippen molar-refractivity contribution in [2.24, 2.45) is 5.14 Å². The van der Waals surface area contributed by atoms with Crippen molar-refractivity contribution in [2.75, 3.05) is 18.8 Å². The molecular weight excluding hydrogens is 526 g/mol. The molecule has 190 valence electrons. The van der Waals surface area contributed by atoms with Gasteiger partial charge >= 0.3 is 0 Å². The molecule has 2 aromatic carbocycles. The first-order chi connectivity index (χ1) is 17.0. The van der Waals surface area contributed by atoms with Crippen LogP contribution in [0, 0.1) is 0 Å². The Balaban J connectivity index is 1.80. The van der Waals surface area contributed by atoms with Crippen LogP contribution in [-0.4, -0.2) is 61.1 Å². The molecule has 1 atom stereocenters. The lowest BCUT2D eigenvalue weighted by Gasteiger charge is -2.34. The number of tetrazole rings is 1. The third-order valence-electron chi connectivity index (χ3n) is 5.98. The molecule has 0 spiro atoms. The van der Waals surface area contributed by atoms with Crippen molar-refractivity contribution >= 4 is 46.7 Å². The topological polar surface area (TPSA) is 212 Å². The van der Waals surface area contributed by atoms with Crippen molar-refractivity contribution in [3.63, 3.8) is 0 Å². The van der Waals surface area contributed by atoms with Crippen LogP contribution in [0.2, 0.25) is 0 Å². The molecule has 0 saturated carbocycles. The Morgan fingerprint density at radius 1 is 1.14 bits per heavy atom. The van der Waals surface area contributed by atoms with Gasteiger partial charge in [0, 0.05) is 17.6 Å². The Bertz CT molecular complexity index is 1660. The minimum atomic E-state index is -4.61. The normalized spacial score (nSPS) is 19.1. The van der Waals surface area contributed by atoms with Gasteiger partial charge in [0.1, 0.15) is 9.79 Å². The molecular formula is C20H23N9O4S3. The molecule has 5 rings (SSSR count). The van der Waals surface area contributed by atoms with Crippen LogP contribution in [-0.2, 0) is 20.0 Å². The Labute approximate surface area is 210 Å². The second-order valence-corrected chi connectivity index (χ2v) is 13.0. The summed E-state index contributed by atoms with van der Waals surface area (Å²) >= 11 is 1.26. The SMILES string of the molecule is CC1(NS(=O)(=O)c2ccc(-c3cccc4sc(N)nc34)c(-c3nnn[nH]3)c2S(N)(=O)=O)CCCNC1. The highest BCUT2D eigenvalue weighted by atomic mass is 32.2. The van der Waals surface area contributed by atoms with E-state index in [1.165, 1.54) is 23.5 Å². The van der Waals surface area contributed by atoms with Gasteiger partial charge < -0.3 is 11.1 Å². The zero-order chi connectivity index (χ0) is 25.7. The van der Waals surface area contributed by atoms with Gasteiger partial charge in [0.15, 0.2) is 11.0 Å². The van der Waals surface area contributed by atoms with E-state index in [2.05, 4.69) is 35.6 Å². The number of aromatic nitrogens is 5. The fourth-order valence-electron chi connectivity index (χ4n) is 4.49. The highest BCUT2D eigenvalue weighted by Crippen LogP contribution is 2.42. The van der Waals surface area contributed by atoms with E-state index in [4.69, 9.17) is 10.9 Å². The molecule has 4 aromatic rings. The summed E-state index contributed by atoms with van der Waals surface area (Å²) in [4.78, 5) is 3.25. The number of piperidine rings is 1. The maximum absolute atomic E-state index is 13.6. The third-order valence-corrected chi connectivity index (χ3v) is 9.63. The lowest BCUT2D eigenvalue weighted by atomic mass is 9.94. The summed E-state index contributed by atoms with van der Waals surface area (Å²) in [6.07, 6.45) is 1.34. The molecule has 7 N–H and O–H groups in total. The van der Waals surface area contributed by atoms with E-state index >= 15 is 0 Å². The fourth-order valence-corrected chi connectivity index (χ4v) is 8.29. The predicted molar refractivity (Wildman–Crippen MR) is 135 cm³/mol. The zero-order valence-corrected chi connectivity index (χ0v) is 21.5. The van der Waals surface area contributed by atoms with Crippen LogP contribution >= 0.6 is 11.3 Å². The average molecular weight is 550 g/mol. The van der Waals surface area contributed by atoms with E-state index in [1.807, 2.05) is 6.07 Å². The molecule has 0 amide bonds. The molecule has 0 aliphatic carbocycles. The molecule has 2 aromatic heterocycles. The predicted octanol–water partition coefficient (Wildman–Crippen LogP) is 0.793. The summed E-state index contributed by atoms with van der Waals surface area (Å²) in [5, 5.41) is 22.7. The molecule has 13 nitrogen and oxygen atoms in total. The number of para-hydroxylation sites is 1.